The van der Waals surface area contributed by atoms with Crippen molar-refractivity contribution < 1.29 is 0 Å². The quantitative estimate of drug-likeness (QED) is 0.733. The lowest BCUT2D eigenvalue weighted by Crippen LogP contribution is -2.01. The highest BCUT2D eigenvalue weighted by atomic mass is 79.9. The fourth-order valence-electron chi connectivity index (χ4n) is 2.32. The third kappa shape index (κ3) is 2.94. The predicted molar refractivity (Wildman–Crippen MR) is 94.5 cm³/mol. The van der Waals surface area contributed by atoms with Crippen LogP contribution >= 0.6 is 15.9 Å². The zero-order valence-electron chi connectivity index (χ0n) is 12.4. The SMILES string of the molecule is Cc1ccc(-c2nc(N)c(Br)nc2-c2ccccc2C#N)cc1. The summed E-state index contributed by atoms with van der Waals surface area (Å²) in [6.07, 6.45) is 0. The van der Waals surface area contributed by atoms with Crippen LogP contribution in [0, 0.1) is 18.3 Å². The second kappa shape index (κ2) is 6.19. The van der Waals surface area contributed by atoms with Crippen LogP contribution in [-0.4, -0.2) is 9.97 Å². The molecule has 4 nitrogen and oxygen atoms in total. The minimum atomic E-state index is 0.318. The molecule has 3 aromatic rings. The van der Waals surface area contributed by atoms with E-state index in [2.05, 4.69) is 32.0 Å². The van der Waals surface area contributed by atoms with Gasteiger partial charge in [-0.2, -0.15) is 5.26 Å². The largest absolute Gasteiger partial charge is 0.381 e. The highest BCUT2D eigenvalue weighted by Crippen LogP contribution is 2.33. The van der Waals surface area contributed by atoms with Crippen LogP contribution in [0.3, 0.4) is 0 Å². The lowest BCUT2D eigenvalue weighted by atomic mass is 9.99. The van der Waals surface area contributed by atoms with Gasteiger partial charge in [-0.3, -0.25) is 0 Å². The molecule has 0 aliphatic rings. The van der Waals surface area contributed by atoms with Crippen molar-refractivity contribution in [3.8, 4) is 28.6 Å². The number of nitrogen functional groups attached to an aromatic ring is 1. The first-order valence-electron chi connectivity index (χ1n) is 6.99. The predicted octanol–water partition coefficient (Wildman–Crippen LogP) is 4.34. The van der Waals surface area contributed by atoms with Crippen molar-refractivity contribution in [2.75, 3.05) is 5.73 Å². The first kappa shape index (κ1) is 15.2. The molecule has 5 heteroatoms. The van der Waals surface area contributed by atoms with Crippen molar-refractivity contribution in [3.63, 3.8) is 0 Å². The van der Waals surface area contributed by atoms with Gasteiger partial charge in [-0.15, -0.1) is 0 Å². The summed E-state index contributed by atoms with van der Waals surface area (Å²) in [6.45, 7) is 2.03. The Hall–Kier alpha value is -2.71. The van der Waals surface area contributed by atoms with Crippen molar-refractivity contribution in [2.45, 2.75) is 6.92 Å². The van der Waals surface area contributed by atoms with Crippen LogP contribution < -0.4 is 5.73 Å². The minimum absolute atomic E-state index is 0.318. The minimum Gasteiger partial charge on any atom is -0.381 e. The number of rotatable bonds is 2. The van der Waals surface area contributed by atoms with Gasteiger partial charge >= 0.3 is 0 Å². The van der Waals surface area contributed by atoms with Gasteiger partial charge in [0.15, 0.2) is 5.82 Å². The van der Waals surface area contributed by atoms with Crippen LogP contribution in [0.15, 0.2) is 53.1 Å². The van der Waals surface area contributed by atoms with Gasteiger partial charge in [-0.25, -0.2) is 9.97 Å². The molecular formula is C18H13BrN4. The molecule has 1 heterocycles. The van der Waals surface area contributed by atoms with Crippen LogP contribution in [0.2, 0.25) is 0 Å². The standard InChI is InChI=1S/C18H13BrN4/c1-11-6-8-12(9-7-11)15-16(22-17(19)18(21)23-15)14-5-3-2-4-13(14)10-20/h2-9H,1H3,(H2,21,23). The fourth-order valence-corrected chi connectivity index (χ4v) is 2.58. The molecule has 2 aromatic carbocycles. The molecule has 0 atom stereocenters. The molecule has 0 aliphatic carbocycles. The second-order valence-electron chi connectivity index (χ2n) is 5.12. The zero-order valence-corrected chi connectivity index (χ0v) is 14.0. The highest BCUT2D eigenvalue weighted by Gasteiger charge is 2.16. The number of hydrogen-bond acceptors (Lipinski definition) is 4. The van der Waals surface area contributed by atoms with Gasteiger partial charge in [0.2, 0.25) is 0 Å². The summed E-state index contributed by atoms with van der Waals surface area (Å²) in [5.41, 5.74) is 10.6. The van der Waals surface area contributed by atoms with Crippen LogP contribution in [-0.2, 0) is 0 Å². The molecule has 0 saturated carbocycles. The van der Waals surface area contributed by atoms with Crippen molar-refractivity contribution >= 4 is 21.7 Å². The molecule has 1 aromatic heterocycles. The van der Waals surface area contributed by atoms with Crippen LogP contribution in [0.25, 0.3) is 22.5 Å². The van der Waals surface area contributed by atoms with E-state index in [9.17, 15) is 5.26 Å². The Labute approximate surface area is 142 Å². The average Bonchev–Trinajstić information content (AvgIpc) is 2.58. The summed E-state index contributed by atoms with van der Waals surface area (Å²) in [5, 5.41) is 9.37. The Morgan fingerprint density at radius 1 is 1.00 bits per heavy atom. The maximum absolute atomic E-state index is 9.37. The Kier molecular flexibility index (Phi) is 4.09. The van der Waals surface area contributed by atoms with Crippen molar-refractivity contribution in [2.24, 2.45) is 0 Å². The first-order valence-corrected chi connectivity index (χ1v) is 7.79. The Morgan fingerprint density at radius 2 is 1.70 bits per heavy atom. The number of hydrogen-bond donors (Lipinski definition) is 1. The van der Waals surface area contributed by atoms with Crippen LogP contribution in [0.5, 0.6) is 0 Å². The van der Waals surface area contributed by atoms with E-state index in [0.717, 1.165) is 16.7 Å². The maximum Gasteiger partial charge on any atom is 0.157 e. The number of anilines is 1. The first-order chi connectivity index (χ1) is 11.1. The van der Waals surface area contributed by atoms with Crippen molar-refractivity contribution in [3.05, 3.63) is 64.3 Å². The summed E-state index contributed by atoms with van der Waals surface area (Å²) in [5.74, 6) is 0.318. The third-order valence-corrected chi connectivity index (χ3v) is 4.09. The monoisotopic (exact) mass is 364 g/mol. The van der Waals surface area contributed by atoms with Gasteiger partial charge in [0.05, 0.1) is 23.0 Å². The number of nitrogens with two attached hydrogens (primary N) is 1. The molecule has 0 fully saturated rings. The summed E-state index contributed by atoms with van der Waals surface area (Å²) in [4.78, 5) is 9.01. The summed E-state index contributed by atoms with van der Waals surface area (Å²) in [7, 11) is 0. The summed E-state index contributed by atoms with van der Waals surface area (Å²) >= 11 is 3.33. The lowest BCUT2D eigenvalue weighted by Gasteiger charge is -2.12. The number of aromatic nitrogens is 2. The number of nitrogens with zero attached hydrogens (tertiary/aromatic N) is 3. The zero-order chi connectivity index (χ0) is 16.4. The molecule has 0 bridgehead atoms. The van der Waals surface area contributed by atoms with Crippen LogP contribution in [0.4, 0.5) is 5.82 Å². The fraction of sp³-hybridized carbons (Fsp3) is 0.0556. The average molecular weight is 365 g/mol. The molecule has 3 rings (SSSR count). The van der Waals surface area contributed by atoms with Gasteiger partial charge < -0.3 is 5.73 Å². The number of halogens is 1. The summed E-state index contributed by atoms with van der Waals surface area (Å²) < 4.78 is 0.469. The van der Waals surface area contributed by atoms with E-state index in [-0.39, 0.29) is 0 Å². The van der Waals surface area contributed by atoms with Gasteiger partial charge in [0, 0.05) is 11.1 Å². The molecule has 23 heavy (non-hydrogen) atoms. The van der Waals surface area contributed by atoms with E-state index < -0.39 is 0 Å². The van der Waals surface area contributed by atoms with E-state index in [0.29, 0.717) is 27.4 Å². The van der Waals surface area contributed by atoms with E-state index in [4.69, 9.17) is 5.73 Å². The molecule has 112 valence electrons. The maximum atomic E-state index is 9.37. The second-order valence-corrected chi connectivity index (χ2v) is 5.87. The summed E-state index contributed by atoms with van der Waals surface area (Å²) in [6, 6.07) is 17.5. The van der Waals surface area contributed by atoms with E-state index in [1.54, 1.807) is 6.07 Å². The molecule has 0 saturated heterocycles. The van der Waals surface area contributed by atoms with Crippen molar-refractivity contribution in [1.29, 1.82) is 5.26 Å². The third-order valence-electron chi connectivity index (χ3n) is 3.51. The van der Waals surface area contributed by atoms with Gasteiger partial charge in [0.1, 0.15) is 4.60 Å². The molecular weight excluding hydrogens is 352 g/mol. The molecule has 0 amide bonds. The Bertz CT molecular complexity index is 911. The smallest absolute Gasteiger partial charge is 0.157 e. The molecule has 0 aliphatic heterocycles. The van der Waals surface area contributed by atoms with Crippen molar-refractivity contribution in [1.82, 2.24) is 9.97 Å². The van der Waals surface area contributed by atoms with E-state index in [1.165, 1.54) is 0 Å². The van der Waals surface area contributed by atoms with E-state index >= 15 is 0 Å². The number of benzene rings is 2. The Balaban J connectivity index is 2.30. The van der Waals surface area contributed by atoms with Gasteiger partial charge in [-0.05, 0) is 28.9 Å². The molecule has 0 radical (unpaired) electrons. The lowest BCUT2D eigenvalue weighted by molar-refractivity contribution is 1.18. The molecule has 0 unspecified atom stereocenters. The Morgan fingerprint density at radius 3 is 2.39 bits per heavy atom. The molecule has 2 N–H and O–H groups in total. The molecule has 0 spiro atoms. The number of nitriles is 1. The normalized spacial score (nSPS) is 10.3. The van der Waals surface area contributed by atoms with Gasteiger partial charge in [-0.1, -0.05) is 48.0 Å². The number of aryl methyl sites for hydroxylation is 1. The van der Waals surface area contributed by atoms with Gasteiger partial charge in [0.25, 0.3) is 0 Å². The topological polar surface area (TPSA) is 75.6 Å². The van der Waals surface area contributed by atoms with Crippen LogP contribution in [0.1, 0.15) is 11.1 Å². The van der Waals surface area contributed by atoms with E-state index in [1.807, 2.05) is 49.4 Å². The highest BCUT2D eigenvalue weighted by molar-refractivity contribution is 9.10.